The van der Waals surface area contributed by atoms with E-state index in [1.807, 2.05) is 6.92 Å². The first-order valence-electron chi connectivity index (χ1n) is 5.91. The number of aromatic nitrogens is 2. The molecular formula is C14H11ClN2O3. The molecular weight excluding hydrogens is 280 g/mol. The Morgan fingerprint density at radius 3 is 2.50 bits per heavy atom. The molecule has 1 aromatic carbocycles. The van der Waals surface area contributed by atoms with Gasteiger partial charge in [-0.1, -0.05) is 11.6 Å². The van der Waals surface area contributed by atoms with Gasteiger partial charge < -0.3 is 13.6 Å². The number of rotatable bonds is 3. The first-order chi connectivity index (χ1) is 9.69. The van der Waals surface area contributed by atoms with Gasteiger partial charge in [-0.05, 0) is 31.2 Å². The Hall–Kier alpha value is -2.27. The SMILES string of the molecule is COc1ccc(Cl)cc1-c1nnc(-c2ccoc2C)o1. The van der Waals surface area contributed by atoms with Gasteiger partial charge in [0, 0.05) is 5.02 Å². The molecule has 0 spiro atoms. The zero-order chi connectivity index (χ0) is 14.1. The summed E-state index contributed by atoms with van der Waals surface area (Å²) >= 11 is 5.99. The van der Waals surface area contributed by atoms with Crippen LogP contribution in [-0.2, 0) is 0 Å². The largest absolute Gasteiger partial charge is 0.496 e. The highest BCUT2D eigenvalue weighted by Gasteiger charge is 2.17. The predicted octanol–water partition coefficient (Wildman–Crippen LogP) is 3.97. The summed E-state index contributed by atoms with van der Waals surface area (Å²) in [6.07, 6.45) is 1.58. The van der Waals surface area contributed by atoms with E-state index < -0.39 is 0 Å². The number of nitrogens with zero attached hydrogens (tertiary/aromatic N) is 2. The maximum Gasteiger partial charge on any atom is 0.251 e. The summed E-state index contributed by atoms with van der Waals surface area (Å²) in [6.45, 7) is 1.83. The molecule has 2 aromatic heterocycles. The maximum atomic E-state index is 5.99. The molecule has 3 rings (SSSR count). The molecule has 0 saturated carbocycles. The third-order valence-electron chi connectivity index (χ3n) is 2.91. The number of hydrogen-bond donors (Lipinski definition) is 0. The van der Waals surface area contributed by atoms with Crippen LogP contribution >= 0.6 is 11.6 Å². The van der Waals surface area contributed by atoms with E-state index in [4.69, 9.17) is 25.2 Å². The van der Waals surface area contributed by atoms with Gasteiger partial charge in [0.2, 0.25) is 0 Å². The summed E-state index contributed by atoms with van der Waals surface area (Å²) in [5, 5.41) is 8.63. The average molecular weight is 291 g/mol. The number of hydrogen-bond acceptors (Lipinski definition) is 5. The number of furan rings is 1. The molecule has 0 unspecified atom stereocenters. The van der Waals surface area contributed by atoms with Crippen molar-refractivity contribution < 1.29 is 13.6 Å². The van der Waals surface area contributed by atoms with Crippen LogP contribution < -0.4 is 4.74 Å². The van der Waals surface area contributed by atoms with Crippen molar-refractivity contribution in [1.29, 1.82) is 0 Å². The van der Waals surface area contributed by atoms with E-state index in [1.54, 1.807) is 37.6 Å². The highest BCUT2D eigenvalue weighted by atomic mass is 35.5. The molecule has 102 valence electrons. The van der Waals surface area contributed by atoms with Crippen molar-refractivity contribution in [1.82, 2.24) is 10.2 Å². The first kappa shape index (κ1) is 12.7. The Balaban J connectivity index is 2.07. The van der Waals surface area contributed by atoms with Crippen molar-refractivity contribution in [2.24, 2.45) is 0 Å². The molecule has 0 aliphatic rings. The van der Waals surface area contributed by atoms with Crippen LogP contribution in [0.4, 0.5) is 0 Å². The van der Waals surface area contributed by atoms with E-state index in [0.29, 0.717) is 28.1 Å². The monoisotopic (exact) mass is 290 g/mol. The smallest absolute Gasteiger partial charge is 0.251 e. The van der Waals surface area contributed by atoms with Crippen LogP contribution in [0, 0.1) is 6.92 Å². The summed E-state index contributed by atoms with van der Waals surface area (Å²) in [7, 11) is 1.57. The van der Waals surface area contributed by atoms with Gasteiger partial charge in [0.25, 0.3) is 11.8 Å². The van der Waals surface area contributed by atoms with E-state index in [2.05, 4.69) is 10.2 Å². The minimum atomic E-state index is 0.347. The molecule has 5 nitrogen and oxygen atoms in total. The summed E-state index contributed by atoms with van der Waals surface area (Å²) in [6, 6.07) is 6.99. The second kappa shape index (κ2) is 5.02. The van der Waals surface area contributed by atoms with Crippen molar-refractivity contribution >= 4 is 11.6 Å². The van der Waals surface area contributed by atoms with E-state index in [-0.39, 0.29) is 0 Å². The van der Waals surface area contributed by atoms with Crippen LogP contribution in [0.15, 0.2) is 39.4 Å². The van der Waals surface area contributed by atoms with Crippen LogP contribution in [0.25, 0.3) is 22.9 Å². The zero-order valence-electron chi connectivity index (χ0n) is 10.9. The van der Waals surface area contributed by atoms with Crippen molar-refractivity contribution in [2.45, 2.75) is 6.92 Å². The Morgan fingerprint density at radius 1 is 1.10 bits per heavy atom. The average Bonchev–Trinajstić information content (AvgIpc) is 3.07. The molecule has 0 saturated heterocycles. The van der Waals surface area contributed by atoms with Crippen LogP contribution in [0.2, 0.25) is 5.02 Å². The topological polar surface area (TPSA) is 61.3 Å². The maximum absolute atomic E-state index is 5.99. The van der Waals surface area contributed by atoms with Gasteiger partial charge in [0.15, 0.2) is 0 Å². The molecule has 0 aliphatic heterocycles. The van der Waals surface area contributed by atoms with Crippen LogP contribution in [0.1, 0.15) is 5.76 Å². The number of benzene rings is 1. The van der Waals surface area contributed by atoms with Crippen molar-refractivity contribution in [3.8, 4) is 28.7 Å². The lowest BCUT2D eigenvalue weighted by Gasteiger charge is -2.04. The standard InChI is InChI=1S/C14H11ClN2O3/c1-8-10(5-6-19-8)13-16-17-14(20-13)11-7-9(15)3-4-12(11)18-2/h3-7H,1-2H3. The number of aryl methyl sites for hydroxylation is 1. The molecule has 0 aliphatic carbocycles. The highest BCUT2D eigenvalue weighted by Crippen LogP contribution is 2.33. The molecule has 0 N–H and O–H groups in total. The minimum Gasteiger partial charge on any atom is -0.496 e. The van der Waals surface area contributed by atoms with Crippen molar-refractivity contribution in [3.05, 3.63) is 41.3 Å². The first-order valence-corrected chi connectivity index (χ1v) is 6.28. The Bertz CT molecular complexity index is 748. The second-order valence-corrected chi connectivity index (χ2v) is 4.58. The molecule has 0 atom stereocenters. The van der Waals surface area contributed by atoms with Crippen LogP contribution in [0.5, 0.6) is 5.75 Å². The number of methoxy groups -OCH3 is 1. The normalized spacial score (nSPS) is 10.8. The second-order valence-electron chi connectivity index (χ2n) is 4.15. The summed E-state index contributed by atoms with van der Waals surface area (Å²) < 4.78 is 16.2. The number of ether oxygens (including phenoxy) is 1. The van der Waals surface area contributed by atoms with Gasteiger partial charge in [0.1, 0.15) is 11.5 Å². The molecule has 2 heterocycles. The highest BCUT2D eigenvalue weighted by molar-refractivity contribution is 6.30. The van der Waals surface area contributed by atoms with Crippen LogP contribution in [-0.4, -0.2) is 17.3 Å². The van der Waals surface area contributed by atoms with Gasteiger partial charge in [-0.25, -0.2) is 0 Å². The van der Waals surface area contributed by atoms with Crippen LogP contribution in [0.3, 0.4) is 0 Å². The zero-order valence-corrected chi connectivity index (χ0v) is 11.6. The molecule has 3 aromatic rings. The molecule has 0 amide bonds. The van der Waals surface area contributed by atoms with E-state index in [0.717, 1.165) is 11.3 Å². The van der Waals surface area contributed by atoms with Gasteiger partial charge >= 0.3 is 0 Å². The lowest BCUT2D eigenvalue weighted by molar-refractivity contribution is 0.414. The minimum absolute atomic E-state index is 0.347. The lowest BCUT2D eigenvalue weighted by Crippen LogP contribution is -1.87. The van der Waals surface area contributed by atoms with Gasteiger partial charge in [-0.3, -0.25) is 0 Å². The van der Waals surface area contributed by atoms with Crippen molar-refractivity contribution in [3.63, 3.8) is 0 Å². The van der Waals surface area contributed by atoms with Gasteiger partial charge in [0.05, 0.1) is 24.5 Å². The Morgan fingerprint density at radius 2 is 1.85 bits per heavy atom. The van der Waals surface area contributed by atoms with E-state index >= 15 is 0 Å². The summed E-state index contributed by atoms with van der Waals surface area (Å²) in [4.78, 5) is 0. The Labute approximate surface area is 120 Å². The van der Waals surface area contributed by atoms with Gasteiger partial charge in [-0.2, -0.15) is 0 Å². The third kappa shape index (κ3) is 2.16. The predicted molar refractivity (Wildman–Crippen MR) is 73.7 cm³/mol. The Kier molecular flexibility index (Phi) is 3.20. The third-order valence-corrected chi connectivity index (χ3v) is 3.14. The molecule has 6 heteroatoms. The van der Waals surface area contributed by atoms with E-state index in [9.17, 15) is 0 Å². The fraction of sp³-hybridized carbons (Fsp3) is 0.143. The molecule has 0 radical (unpaired) electrons. The molecule has 0 fully saturated rings. The molecule has 20 heavy (non-hydrogen) atoms. The molecule has 0 bridgehead atoms. The number of halogens is 1. The summed E-state index contributed by atoms with van der Waals surface area (Å²) in [5.74, 6) is 2.08. The van der Waals surface area contributed by atoms with Gasteiger partial charge in [-0.15, -0.1) is 10.2 Å². The fourth-order valence-corrected chi connectivity index (χ4v) is 2.07. The van der Waals surface area contributed by atoms with E-state index in [1.165, 1.54) is 0 Å². The fourth-order valence-electron chi connectivity index (χ4n) is 1.90. The summed E-state index contributed by atoms with van der Waals surface area (Å²) in [5.41, 5.74) is 1.42. The lowest BCUT2D eigenvalue weighted by atomic mass is 10.2. The van der Waals surface area contributed by atoms with Crippen molar-refractivity contribution in [2.75, 3.05) is 7.11 Å². The quantitative estimate of drug-likeness (QED) is 0.730.